The van der Waals surface area contributed by atoms with Crippen LogP contribution in [0.4, 0.5) is 32.8 Å². The largest absolute Gasteiger partial charge is 0.355 e. The molecule has 0 aliphatic heterocycles. The Kier molecular flexibility index (Phi) is 8.21. The van der Waals surface area contributed by atoms with Gasteiger partial charge in [0.2, 0.25) is 0 Å². The Morgan fingerprint density at radius 2 is 1.25 bits per heavy atom. The van der Waals surface area contributed by atoms with E-state index in [2.05, 4.69) is 154 Å². The van der Waals surface area contributed by atoms with Gasteiger partial charge in [-0.05, 0) is 136 Å². The van der Waals surface area contributed by atoms with E-state index in [-0.39, 0.29) is 32.9 Å². The molecule has 254 valence electrons. The van der Waals surface area contributed by atoms with Crippen LogP contribution in [-0.4, -0.2) is 0 Å². The quantitative estimate of drug-likeness (QED) is 0.233. The summed E-state index contributed by atoms with van der Waals surface area (Å²) < 4.78 is 15.9. The average Bonchev–Trinajstić information content (AvgIpc) is 2.98. The lowest BCUT2D eigenvalue weighted by Crippen LogP contribution is -2.35. The fourth-order valence-electron chi connectivity index (χ4n) is 8.23. The SMILES string of the molecule is Cc1cc(C(C)(C)C)ccc1Nc1cc(F)cc(N(c2ccc3c(c2)C(C)(C)CCC3(C)C)c2cccc3c2C(C)(C)CCC3(C)C)c1. The van der Waals surface area contributed by atoms with Gasteiger partial charge in [0.15, 0.2) is 0 Å². The predicted octanol–water partition coefficient (Wildman–Crippen LogP) is 13.3. The van der Waals surface area contributed by atoms with Gasteiger partial charge in [-0.25, -0.2) is 4.39 Å². The highest BCUT2D eigenvalue weighted by atomic mass is 19.1. The van der Waals surface area contributed by atoms with E-state index < -0.39 is 0 Å². The van der Waals surface area contributed by atoms with Crippen LogP contribution >= 0.6 is 0 Å². The fourth-order valence-corrected chi connectivity index (χ4v) is 8.23. The van der Waals surface area contributed by atoms with E-state index in [0.29, 0.717) is 0 Å². The Morgan fingerprint density at radius 1 is 0.625 bits per heavy atom. The molecule has 0 fully saturated rings. The topological polar surface area (TPSA) is 15.3 Å². The minimum absolute atomic E-state index is 0.0323. The molecule has 0 atom stereocenters. The van der Waals surface area contributed by atoms with Gasteiger partial charge in [-0.1, -0.05) is 106 Å². The number of benzene rings is 4. The summed E-state index contributed by atoms with van der Waals surface area (Å²) in [6.07, 6.45) is 4.55. The monoisotopic (exact) mass is 644 g/mol. The first-order valence-electron chi connectivity index (χ1n) is 18.0. The average molecular weight is 645 g/mol. The van der Waals surface area contributed by atoms with Gasteiger partial charge in [-0.2, -0.15) is 0 Å². The summed E-state index contributed by atoms with van der Waals surface area (Å²) in [5.74, 6) is -0.257. The van der Waals surface area contributed by atoms with Gasteiger partial charge in [0, 0.05) is 17.1 Å². The van der Waals surface area contributed by atoms with Gasteiger partial charge in [0.05, 0.1) is 11.4 Å². The number of rotatable bonds is 5. The normalized spacial score (nSPS) is 18.9. The van der Waals surface area contributed by atoms with Gasteiger partial charge >= 0.3 is 0 Å². The Balaban J connectivity index is 1.57. The molecule has 2 aliphatic carbocycles. The standard InChI is InChI=1S/C45H57FN2/c1-29-24-30(41(2,3)4)16-19-38(29)47-32-25-31(46)26-34(27-32)48(33-17-18-35-37(28-33)44(9,10)21-20-42(35,5)6)39-15-13-14-36-40(39)45(11,12)23-22-43(36,7)8/h13-19,24-28,47H,20-23H2,1-12H3. The predicted molar refractivity (Wildman–Crippen MR) is 205 cm³/mol. The van der Waals surface area contributed by atoms with Crippen LogP contribution in [0, 0.1) is 12.7 Å². The molecule has 3 heteroatoms. The van der Waals surface area contributed by atoms with E-state index in [4.69, 9.17) is 0 Å². The lowest BCUT2D eigenvalue weighted by molar-refractivity contribution is 0.331. The van der Waals surface area contributed by atoms with Crippen molar-refractivity contribution < 1.29 is 4.39 Å². The van der Waals surface area contributed by atoms with Crippen molar-refractivity contribution in [3.8, 4) is 0 Å². The first kappa shape index (κ1) is 34.3. The molecule has 1 N–H and O–H groups in total. The number of hydrogen-bond acceptors (Lipinski definition) is 2. The van der Waals surface area contributed by atoms with Crippen LogP contribution in [0.5, 0.6) is 0 Å². The molecule has 0 aromatic heterocycles. The molecule has 4 aromatic rings. The highest BCUT2D eigenvalue weighted by Gasteiger charge is 2.41. The summed E-state index contributed by atoms with van der Waals surface area (Å²) in [4.78, 5) is 2.34. The zero-order valence-corrected chi connectivity index (χ0v) is 31.6. The van der Waals surface area contributed by atoms with Crippen LogP contribution < -0.4 is 10.2 Å². The summed E-state index contributed by atoms with van der Waals surface area (Å²) in [6.45, 7) is 27.8. The van der Waals surface area contributed by atoms with E-state index in [1.165, 1.54) is 34.2 Å². The fraction of sp³-hybridized carbons (Fsp3) is 0.467. The maximum Gasteiger partial charge on any atom is 0.127 e. The van der Waals surface area contributed by atoms with Crippen molar-refractivity contribution in [2.75, 3.05) is 10.2 Å². The molecule has 0 saturated carbocycles. The zero-order chi connectivity index (χ0) is 35.0. The number of hydrogen-bond donors (Lipinski definition) is 1. The molecule has 0 amide bonds. The summed E-state index contributed by atoms with van der Waals surface area (Å²) in [5, 5.41) is 3.59. The number of halogens is 1. The third-order valence-electron chi connectivity index (χ3n) is 11.7. The third kappa shape index (κ3) is 6.19. The molecule has 0 unspecified atom stereocenters. The van der Waals surface area contributed by atoms with Crippen LogP contribution in [0.3, 0.4) is 0 Å². The van der Waals surface area contributed by atoms with E-state index in [9.17, 15) is 0 Å². The van der Waals surface area contributed by atoms with Crippen molar-refractivity contribution >= 4 is 28.4 Å². The number of nitrogens with one attached hydrogen (secondary N) is 1. The molecular weight excluding hydrogens is 588 g/mol. The summed E-state index contributed by atoms with van der Waals surface area (Å²) in [6, 6.07) is 25.8. The molecule has 2 nitrogen and oxygen atoms in total. The lowest BCUT2D eigenvalue weighted by Gasteiger charge is -2.45. The summed E-state index contributed by atoms with van der Waals surface area (Å²) in [5.41, 5.74) is 13.0. The van der Waals surface area contributed by atoms with Gasteiger partial charge in [0.1, 0.15) is 5.82 Å². The molecule has 0 heterocycles. The third-order valence-corrected chi connectivity index (χ3v) is 11.7. The first-order valence-corrected chi connectivity index (χ1v) is 18.0. The van der Waals surface area contributed by atoms with E-state index in [1.54, 1.807) is 12.1 Å². The Hall–Kier alpha value is -3.59. The second kappa shape index (κ2) is 11.5. The van der Waals surface area contributed by atoms with Gasteiger partial charge in [-0.3, -0.25) is 0 Å². The van der Waals surface area contributed by atoms with Crippen molar-refractivity contribution in [1.82, 2.24) is 0 Å². The number of aryl methyl sites for hydroxylation is 1. The molecule has 0 spiro atoms. The first-order chi connectivity index (χ1) is 22.2. The van der Waals surface area contributed by atoms with Crippen molar-refractivity contribution in [3.05, 3.63) is 112 Å². The summed E-state index contributed by atoms with van der Waals surface area (Å²) >= 11 is 0. The molecule has 6 rings (SSSR count). The van der Waals surface area contributed by atoms with Gasteiger partial charge in [0.25, 0.3) is 0 Å². The molecule has 4 aromatic carbocycles. The van der Waals surface area contributed by atoms with Crippen LogP contribution in [0.2, 0.25) is 0 Å². The number of anilines is 5. The number of fused-ring (bicyclic) bond motifs is 2. The number of nitrogens with zero attached hydrogens (tertiary/aromatic N) is 1. The smallest absolute Gasteiger partial charge is 0.127 e. The van der Waals surface area contributed by atoms with Crippen molar-refractivity contribution in [2.45, 2.75) is 136 Å². The summed E-state index contributed by atoms with van der Waals surface area (Å²) in [7, 11) is 0. The minimum atomic E-state index is -0.257. The molecule has 0 bridgehead atoms. The van der Waals surface area contributed by atoms with E-state index in [0.717, 1.165) is 53.3 Å². The molecule has 48 heavy (non-hydrogen) atoms. The second-order valence-electron chi connectivity index (χ2n) is 18.4. The molecule has 2 aliphatic rings. The Morgan fingerprint density at radius 3 is 1.90 bits per heavy atom. The van der Waals surface area contributed by atoms with Gasteiger partial charge in [-0.15, -0.1) is 0 Å². The van der Waals surface area contributed by atoms with Crippen LogP contribution in [0.25, 0.3) is 0 Å². The highest BCUT2D eigenvalue weighted by molar-refractivity contribution is 5.83. The second-order valence-corrected chi connectivity index (χ2v) is 18.4. The van der Waals surface area contributed by atoms with Gasteiger partial charge < -0.3 is 10.2 Å². The van der Waals surface area contributed by atoms with Crippen LogP contribution in [-0.2, 0) is 27.1 Å². The Labute approximate surface area is 290 Å². The molecule has 0 radical (unpaired) electrons. The maximum absolute atomic E-state index is 15.9. The van der Waals surface area contributed by atoms with Crippen molar-refractivity contribution in [2.24, 2.45) is 0 Å². The minimum Gasteiger partial charge on any atom is -0.355 e. The molecule has 0 saturated heterocycles. The van der Waals surface area contributed by atoms with Crippen molar-refractivity contribution in [3.63, 3.8) is 0 Å². The zero-order valence-electron chi connectivity index (χ0n) is 31.6. The lowest BCUT2D eigenvalue weighted by atomic mass is 9.62. The van der Waals surface area contributed by atoms with Crippen LogP contribution in [0.1, 0.15) is 135 Å². The Bertz CT molecular complexity index is 1870. The van der Waals surface area contributed by atoms with Crippen molar-refractivity contribution in [1.29, 1.82) is 0 Å². The maximum atomic E-state index is 15.9. The van der Waals surface area contributed by atoms with E-state index in [1.807, 2.05) is 0 Å². The van der Waals surface area contributed by atoms with E-state index >= 15 is 4.39 Å². The highest BCUT2D eigenvalue weighted by Crippen LogP contribution is 2.53. The molecular formula is C45H57FN2. The van der Waals surface area contributed by atoms with Crippen LogP contribution in [0.15, 0.2) is 72.8 Å².